The Morgan fingerprint density at radius 1 is 1.50 bits per heavy atom. The summed E-state index contributed by atoms with van der Waals surface area (Å²) in [6, 6.07) is 0. The second kappa shape index (κ2) is 3.17. The first-order chi connectivity index (χ1) is 5.70. The third-order valence-electron chi connectivity index (χ3n) is 1.33. The van der Waals surface area contributed by atoms with Crippen LogP contribution >= 0.6 is 0 Å². The Balaban J connectivity index is 3.13. The maximum absolute atomic E-state index is 10.5. The molecule has 66 valence electrons. The van der Waals surface area contributed by atoms with Gasteiger partial charge in [0.1, 0.15) is 6.26 Å². The number of aromatic carboxylic acids is 1. The van der Waals surface area contributed by atoms with Crippen LogP contribution in [0.25, 0.3) is 0 Å². The molecule has 0 saturated heterocycles. The number of carbonyl (C=O) groups is 1. The van der Waals surface area contributed by atoms with Gasteiger partial charge in [-0.1, -0.05) is 0 Å². The van der Waals surface area contributed by atoms with Gasteiger partial charge in [-0.3, -0.25) is 0 Å². The summed E-state index contributed by atoms with van der Waals surface area (Å²) < 4.78 is 14.2. The van der Waals surface area contributed by atoms with Crippen molar-refractivity contribution in [3.05, 3.63) is 12.0 Å². The molecule has 0 atom stereocenters. The van der Waals surface area contributed by atoms with E-state index in [9.17, 15) is 4.79 Å². The lowest BCUT2D eigenvalue weighted by Crippen LogP contribution is -1.97. The van der Waals surface area contributed by atoms with Crippen LogP contribution in [0, 0.1) is 0 Å². The van der Waals surface area contributed by atoms with E-state index in [0.29, 0.717) is 0 Å². The second-order valence-electron chi connectivity index (χ2n) is 1.97. The van der Waals surface area contributed by atoms with Crippen LogP contribution in [-0.2, 0) is 0 Å². The minimum atomic E-state index is -1.19. The molecule has 0 saturated carbocycles. The number of carboxylic acids is 1. The molecular formula is C7H8O5. The average Bonchev–Trinajstić information content (AvgIpc) is 2.46. The van der Waals surface area contributed by atoms with Crippen molar-refractivity contribution in [1.82, 2.24) is 0 Å². The number of rotatable bonds is 3. The molecule has 12 heavy (non-hydrogen) atoms. The number of hydrogen-bond acceptors (Lipinski definition) is 4. The number of ether oxygens (including phenoxy) is 2. The summed E-state index contributed by atoms with van der Waals surface area (Å²) in [5, 5.41) is 8.58. The van der Waals surface area contributed by atoms with Crippen molar-refractivity contribution in [2.75, 3.05) is 14.2 Å². The molecule has 0 amide bonds. The maximum atomic E-state index is 10.5. The number of furan rings is 1. The molecule has 0 fully saturated rings. The van der Waals surface area contributed by atoms with Gasteiger partial charge in [0.05, 0.1) is 14.2 Å². The van der Waals surface area contributed by atoms with Gasteiger partial charge in [0.25, 0.3) is 5.76 Å². The van der Waals surface area contributed by atoms with Crippen molar-refractivity contribution < 1.29 is 23.8 Å². The van der Waals surface area contributed by atoms with Crippen LogP contribution in [0.5, 0.6) is 11.5 Å². The molecule has 1 aromatic rings. The largest absolute Gasteiger partial charge is 0.490 e. The molecule has 1 N–H and O–H groups in total. The molecule has 0 aliphatic rings. The first kappa shape index (κ1) is 8.45. The van der Waals surface area contributed by atoms with Crippen molar-refractivity contribution in [2.24, 2.45) is 0 Å². The average molecular weight is 172 g/mol. The van der Waals surface area contributed by atoms with E-state index < -0.39 is 5.97 Å². The van der Waals surface area contributed by atoms with E-state index >= 15 is 0 Å². The SMILES string of the molecule is COc1coc(C(=O)O)c1OC. The maximum Gasteiger partial charge on any atom is 0.375 e. The smallest absolute Gasteiger partial charge is 0.375 e. The summed E-state index contributed by atoms with van der Waals surface area (Å²) in [5.41, 5.74) is 0. The summed E-state index contributed by atoms with van der Waals surface area (Å²) in [6.07, 6.45) is 1.18. The Morgan fingerprint density at radius 2 is 2.17 bits per heavy atom. The lowest BCUT2D eigenvalue weighted by atomic mass is 10.4. The molecule has 0 unspecified atom stereocenters. The van der Waals surface area contributed by atoms with Gasteiger partial charge in [-0.25, -0.2) is 4.79 Å². The number of hydrogen-bond donors (Lipinski definition) is 1. The fourth-order valence-electron chi connectivity index (χ4n) is 0.813. The van der Waals surface area contributed by atoms with Gasteiger partial charge in [0.2, 0.25) is 11.5 Å². The Morgan fingerprint density at radius 3 is 2.58 bits per heavy atom. The van der Waals surface area contributed by atoms with Crippen LogP contribution in [0.1, 0.15) is 10.6 Å². The lowest BCUT2D eigenvalue weighted by Gasteiger charge is -1.99. The third-order valence-corrected chi connectivity index (χ3v) is 1.33. The van der Waals surface area contributed by atoms with E-state index in [-0.39, 0.29) is 17.3 Å². The quantitative estimate of drug-likeness (QED) is 0.736. The van der Waals surface area contributed by atoms with Crippen LogP contribution in [0.15, 0.2) is 10.7 Å². The number of methoxy groups -OCH3 is 2. The monoisotopic (exact) mass is 172 g/mol. The third kappa shape index (κ3) is 1.20. The summed E-state index contributed by atoms with van der Waals surface area (Å²) in [5.74, 6) is -1.07. The Hall–Kier alpha value is -1.65. The summed E-state index contributed by atoms with van der Waals surface area (Å²) >= 11 is 0. The molecule has 0 bridgehead atoms. The highest BCUT2D eigenvalue weighted by Gasteiger charge is 2.20. The lowest BCUT2D eigenvalue weighted by molar-refractivity contribution is 0.0657. The van der Waals surface area contributed by atoms with Gasteiger partial charge in [0, 0.05) is 0 Å². The summed E-state index contributed by atoms with van der Waals surface area (Å²) in [6.45, 7) is 0. The second-order valence-corrected chi connectivity index (χ2v) is 1.97. The highest BCUT2D eigenvalue weighted by atomic mass is 16.5. The molecule has 0 radical (unpaired) electrons. The minimum absolute atomic E-state index is 0.102. The molecule has 1 heterocycles. The predicted molar refractivity (Wildman–Crippen MR) is 38.8 cm³/mol. The Kier molecular flexibility index (Phi) is 2.23. The van der Waals surface area contributed by atoms with Crippen molar-refractivity contribution in [3.63, 3.8) is 0 Å². The van der Waals surface area contributed by atoms with Gasteiger partial charge in [-0.15, -0.1) is 0 Å². The van der Waals surface area contributed by atoms with Crippen LogP contribution in [0.4, 0.5) is 0 Å². The predicted octanol–water partition coefficient (Wildman–Crippen LogP) is 0.995. The van der Waals surface area contributed by atoms with Crippen molar-refractivity contribution in [1.29, 1.82) is 0 Å². The van der Waals surface area contributed by atoms with Crippen molar-refractivity contribution >= 4 is 5.97 Å². The van der Waals surface area contributed by atoms with Crippen LogP contribution in [0.2, 0.25) is 0 Å². The van der Waals surface area contributed by atoms with Crippen LogP contribution in [0.3, 0.4) is 0 Å². The molecule has 0 spiro atoms. The molecule has 5 heteroatoms. The van der Waals surface area contributed by atoms with Gasteiger partial charge in [0.15, 0.2) is 0 Å². The fraction of sp³-hybridized carbons (Fsp3) is 0.286. The summed E-state index contributed by atoms with van der Waals surface area (Å²) in [7, 11) is 2.75. The zero-order chi connectivity index (χ0) is 9.14. The zero-order valence-electron chi connectivity index (χ0n) is 6.66. The van der Waals surface area contributed by atoms with E-state index in [1.165, 1.54) is 20.5 Å². The van der Waals surface area contributed by atoms with E-state index in [4.69, 9.17) is 14.6 Å². The fourth-order valence-corrected chi connectivity index (χ4v) is 0.813. The molecule has 0 aliphatic heterocycles. The van der Waals surface area contributed by atoms with E-state index in [0.717, 1.165) is 0 Å². The molecule has 5 nitrogen and oxygen atoms in total. The topological polar surface area (TPSA) is 68.9 Å². The Labute approximate surface area is 68.5 Å². The van der Waals surface area contributed by atoms with Gasteiger partial charge < -0.3 is 19.0 Å². The minimum Gasteiger partial charge on any atom is -0.490 e. The van der Waals surface area contributed by atoms with Crippen molar-refractivity contribution in [3.8, 4) is 11.5 Å². The number of carboxylic acid groups (broad SMARTS) is 1. The standard InChI is InChI=1S/C7H8O5/c1-10-4-3-12-6(7(8)9)5(4)11-2/h3H,1-2H3,(H,8,9). The first-order valence-electron chi connectivity index (χ1n) is 3.13. The summed E-state index contributed by atoms with van der Waals surface area (Å²) in [4.78, 5) is 10.5. The van der Waals surface area contributed by atoms with Crippen LogP contribution in [-0.4, -0.2) is 25.3 Å². The molecule has 0 aliphatic carbocycles. The van der Waals surface area contributed by atoms with Gasteiger partial charge >= 0.3 is 5.97 Å². The van der Waals surface area contributed by atoms with E-state index in [1.54, 1.807) is 0 Å². The molecule has 1 aromatic heterocycles. The van der Waals surface area contributed by atoms with E-state index in [1.807, 2.05) is 0 Å². The highest BCUT2D eigenvalue weighted by molar-refractivity contribution is 5.88. The molecular weight excluding hydrogens is 164 g/mol. The first-order valence-corrected chi connectivity index (χ1v) is 3.13. The normalized spacial score (nSPS) is 9.50. The van der Waals surface area contributed by atoms with Gasteiger partial charge in [-0.2, -0.15) is 0 Å². The Bertz CT molecular complexity index is 288. The van der Waals surface area contributed by atoms with E-state index in [2.05, 4.69) is 4.42 Å². The zero-order valence-corrected chi connectivity index (χ0v) is 6.66. The molecule has 1 rings (SSSR count). The van der Waals surface area contributed by atoms with Crippen molar-refractivity contribution in [2.45, 2.75) is 0 Å². The molecule has 0 aromatic carbocycles. The van der Waals surface area contributed by atoms with Gasteiger partial charge in [-0.05, 0) is 0 Å². The highest BCUT2D eigenvalue weighted by Crippen LogP contribution is 2.32. The van der Waals surface area contributed by atoms with Crippen LogP contribution < -0.4 is 9.47 Å².